The summed E-state index contributed by atoms with van der Waals surface area (Å²) in [6.45, 7) is 7.33. The maximum atomic E-state index is 12.2. The van der Waals surface area contributed by atoms with Gasteiger partial charge in [0, 0.05) is 30.6 Å². The average molecular weight is 293 g/mol. The van der Waals surface area contributed by atoms with Gasteiger partial charge >= 0.3 is 0 Å². The minimum absolute atomic E-state index is 0.233. The van der Waals surface area contributed by atoms with Gasteiger partial charge in [-0.25, -0.2) is 4.98 Å². The van der Waals surface area contributed by atoms with Crippen LogP contribution in [-0.2, 0) is 11.2 Å². The molecule has 4 nitrogen and oxygen atoms in total. The third-order valence-electron chi connectivity index (χ3n) is 4.54. The van der Waals surface area contributed by atoms with E-state index in [2.05, 4.69) is 16.8 Å². The topological polar surface area (TPSA) is 36.4 Å². The molecule has 1 aromatic rings. The summed E-state index contributed by atoms with van der Waals surface area (Å²) >= 11 is 1.62. The lowest BCUT2D eigenvalue weighted by Gasteiger charge is -2.49. The zero-order valence-corrected chi connectivity index (χ0v) is 13.2. The number of hydrogen-bond donors (Lipinski definition) is 0. The molecule has 3 heterocycles. The number of amides is 1. The van der Waals surface area contributed by atoms with Crippen molar-refractivity contribution in [3.63, 3.8) is 0 Å². The van der Waals surface area contributed by atoms with Gasteiger partial charge in [0.2, 0.25) is 5.91 Å². The summed E-state index contributed by atoms with van der Waals surface area (Å²) in [7, 11) is 0. The Morgan fingerprint density at radius 2 is 2.25 bits per heavy atom. The minimum Gasteiger partial charge on any atom is -0.339 e. The lowest BCUT2D eigenvalue weighted by atomic mass is 9.97. The SMILES string of the molecule is Cc1nc(CC(=O)N2CC(N3CCCCC3C)C2)cs1. The summed E-state index contributed by atoms with van der Waals surface area (Å²) in [6, 6.07) is 1.28. The van der Waals surface area contributed by atoms with Crippen molar-refractivity contribution in [3.05, 3.63) is 16.1 Å². The van der Waals surface area contributed by atoms with Gasteiger partial charge in [0.25, 0.3) is 0 Å². The Bertz CT molecular complexity index is 481. The number of aryl methyl sites for hydroxylation is 1. The second-order valence-electron chi connectivity index (χ2n) is 6.07. The van der Waals surface area contributed by atoms with Gasteiger partial charge < -0.3 is 4.90 Å². The molecule has 0 spiro atoms. The molecule has 2 saturated heterocycles. The molecule has 1 amide bonds. The molecule has 0 bridgehead atoms. The summed E-state index contributed by atoms with van der Waals surface area (Å²) in [4.78, 5) is 21.1. The van der Waals surface area contributed by atoms with Crippen LogP contribution in [0.25, 0.3) is 0 Å². The summed E-state index contributed by atoms with van der Waals surface area (Å²) in [5.41, 5.74) is 0.923. The van der Waals surface area contributed by atoms with Crippen LogP contribution in [0.2, 0.25) is 0 Å². The van der Waals surface area contributed by atoms with Crippen molar-refractivity contribution in [2.75, 3.05) is 19.6 Å². The van der Waals surface area contributed by atoms with E-state index in [0.29, 0.717) is 18.5 Å². The number of nitrogens with zero attached hydrogens (tertiary/aromatic N) is 3. The van der Waals surface area contributed by atoms with Crippen molar-refractivity contribution in [1.29, 1.82) is 0 Å². The first-order valence-corrected chi connectivity index (χ1v) is 8.46. The van der Waals surface area contributed by atoms with E-state index in [-0.39, 0.29) is 5.91 Å². The van der Waals surface area contributed by atoms with Crippen molar-refractivity contribution >= 4 is 17.2 Å². The molecule has 1 atom stereocenters. The van der Waals surface area contributed by atoms with E-state index < -0.39 is 0 Å². The summed E-state index contributed by atoms with van der Waals surface area (Å²) in [5, 5.41) is 3.04. The first kappa shape index (κ1) is 14.0. The Morgan fingerprint density at radius 3 is 2.90 bits per heavy atom. The molecule has 0 N–H and O–H groups in total. The monoisotopic (exact) mass is 293 g/mol. The summed E-state index contributed by atoms with van der Waals surface area (Å²) in [5.74, 6) is 0.233. The van der Waals surface area contributed by atoms with Crippen LogP contribution >= 0.6 is 11.3 Å². The predicted octanol–water partition coefficient (Wildman–Crippen LogP) is 2.08. The number of hydrogen-bond acceptors (Lipinski definition) is 4. The molecular weight excluding hydrogens is 270 g/mol. The second-order valence-corrected chi connectivity index (χ2v) is 7.13. The van der Waals surface area contributed by atoms with E-state index in [4.69, 9.17) is 0 Å². The number of aromatic nitrogens is 1. The van der Waals surface area contributed by atoms with Crippen LogP contribution in [0.5, 0.6) is 0 Å². The van der Waals surface area contributed by atoms with Crippen molar-refractivity contribution in [1.82, 2.24) is 14.8 Å². The van der Waals surface area contributed by atoms with Crippen LogP contribution < -0.4 is 0 Å². The number of carbonyl (C=O) groups is 1. The van der Waals surface area contributed by atoms with Gasteiger partial charge in [-0.15, -0.1) is 11.3 Å². The highest BCUT2D eigenvalue weighted by Gasteiger charge is 2.37. The number of piperidine rings is 1. The highest BCUT2D eigenvalue weighted by atomic mass is 32.1. The minimum atomic E-state index is 0.233. The molecule has 0 saturated carbocycles. The Hall–Kier alpha value is -0.940. The fraction of sp³-hybridized carbons (Fsp3) is 0.733. The molecule has 20 heavy (non-hydrogen) atoms. The van der Waals surface area contributed by atoms with Gasteiger partial charge in [0.1, 0.15) is 0 Å². The quantitative estimate of drug-likeness (QED) is 0.856. The van der Waals surface area contributed by atoms with Gasteiger partial charge in [-0.3, -0.25) is 9.69 Å². The van der Waals surface area contributed by atoms with E-state index in [9.17, 15) is 4.79 Å². The molecule has 1 aromatic heterocycles. The van der Waals surface area contributed by atoms with E-state index in [0.717, 1.165) is 23.8 Å². The lowest BCUT2D eigenvalue weighted by molar-refractivity contribution is -0.139. The van der Waals surface area contributed by atoms with Gasteiger partial charge in [0.15, 0.2) is 0 Å². The molecule has 110 valence electrons. The first-order chi connectivity index (χ1) is 9.63. The normalized spacial score (nSPS) is 24.7. The molecule has 3 rings (SSSR count). The fourth-order valence-electron chi connectivity index (χ4n) is 3.29. The first-order valence-electron chi connectivity index (χ1n) is 7.58. The van der Waals surface area contributed by atoms with Gasteiger partial charge in [-0.1, -0.05) is 6.42 Å². The molecular formula is C15H23N3OS. The zero-order chi connectivity index (χ0) is 14.1. The van der Waals surface area contributed by atoms with Crippen molar-refractivity contribution in [3.8, 4) is 0 Å². The molecule has 1 unspecified atom stereocenters. The molecule has 5 heteroatoms. The van der Waals surface area contributed by atoms with E-state index in [1.165, 1.54) is 25.8 Å². The third kappa shape index (κ3) is 2.88. The molecule has 0 radical (unpaired) electrons. The highest BCUT2D eigenvalue weighted by molar-refractivity contribution is 7.09. The van der Waals surface area contributed by atoms with Crippen LogP contribution in [0.4, 0.5) is 0 Å². The van der Waals surface area contributed by atoms with Crippen molar-refractivity contribution in [2.45, 2.75) is 51.6 Å². The van der Waals surface area contributed by atoms with Gasteiger partial charge in [-0.2, -0.15) is 0 Å². The van der Waals surface area contributed by atoms with E-state index >= 15 is 0 Å². The smallest absolute Gasteiger partial charge is 0.228 e. The molecule has 2 aliphatic rings. The van der Waals surface area contributed by atoms with E-state index in [1.54, 1.807) is 11.3 Å². The van der Waals surface area contributed by atoms with Crippen LogP contribution in [0.1, 0.15) is 36.9 Å². The molecule has 0 aromatic carbocycles. The zero-order valence-electron chi connectivity index (χ0n) is 12.3. The maximum absolute atomic E-state index is 12.2. The number of rotatable bonds is 3. The summed E-state index contributed by atoms with van der Waals surface area (Å²) < 4.78 is 0. The summed E-state index contributed by atoms with van der Waals surface area (Å²) in [6.07, 6.45) is 4.44. The highest BCUT2D eigenvalue weighted by Crippen LogP contribution is 2.24. The maximum Gasteiger partial charge on any atom is 0.228 e. The van der Waals surface area contributed by atoms with Crippen molar-refractivity contribution in [2.24, 2.45) is 0 Å². The Morgan fingerprint density at radius 1 is 1.45 bits per heavy atom. The molecule has 2 fully saturated rings. The number of carbonyl (C=O) groups excluding carboxylic acids is 1. The fourth-order valence-corrected chi connectivity index (χ4v) is 3.90. The van der Waals surface area contributed by atoms with Crippen LogP contribution in [-0.4, -0.2) is 52.4 Å². The molecule has 2 aliphatic heterocycles. The van der Waals surface area contributed by atoms with Crippen LogP contribution in [0.15, 0.2) is 5.38 Å². The largest absolute Gasteiger partial charge is 0.339 e. The Balaban J connectivity index is 1.48. The number of likely N-dealkylation sites (tertiary alicyclic amines) is 2. The van der Waals surface area contributed by atoms with Crippen LogP contribution in [0.3, 0.4) is 0 Å². The standard InChI is InChI=1S/C15H23N3OS/c1-11-5-3-4-6-18(11)14-8-17(9-14)15(19)7-13-10-20-12(2)16-13/h10-11,14H,3-9H2,1-2H3. The van der Waals surface area contributed by atoms with Gasteiger partial charge in [-0.05, 0) is 33.2 Å². The Labute approximate surface area is 124 Å². The van der Waals surface area contributed by atoms with Gasteiger partial charge in [0.05, 0.1) is 17.1 Å². The van der Waals surface area contributed by atoms with E-state index in [1.807, 2.05) is 17.2 Å². The Kier molecular flexibility index (Phi) is 4.08. The second kappa shape index (κ2) is 5.82. The molecule has 0 aliphatic carbocycles. The lowest BCUT2D eigenvalue weighted by Crippen LogP contribution is -2.63. The third-order valence-corrected chi connectivity index (χ3v) is 5.36. The average Bonchev–Trinajstić information content (AvgIpc) is 2.75. The van der Waals surface area contributed by atoms with Crippen molar-refractivity contribution < 1.29 is 4.79 Å². The van der Waals surface area contributed by atoms with Crippen LogP contribution in [0, 0.1) is 6.92 Å². The predicted molar refractivity (Wildman–Crippen MR) is 80.9 cm³/mol. The number of thiazole rings is 1.